The number of unbranched alkanes of at least 4 members (excludes halogenated alkanes) is 1. The van der Waals surface area contributed by atoms with Gasteiger partial charge in [-0.2, -0.15) is 0 Å². The Morgan fingerprint density at radius 2 is 1.89 bits per heavy atom. The van der Waals surface area contributed by atoms with Crippen LogP contribution in [0.25, 0.3) is 11.0 Å². The van der Waals surface area contributed by atoms with Crippen LogP contribution in [0.15, 0.2) is 34.9 Å². The summed E-state index contributed by atoms with van der Waals surface area (Å²) in [7, 11) is 0. The summed E-state index contributed by atoms with van der Waals surface area (Å²) < 4.78 is 5.69. The van der Waals surface area contributed by atoms with Crippen LogP contribution in [0, 0.1) is 0 Å². The molecule has 2 aromatic rings. The number of hydrogen-bond donors (Lipinski definition) is 0. The topological polar surface area (TPSA) is 39.9 Å². The minimum atomic E-state index is 0.206. The van der Waals surface area contributed by atoms with E-state index >= 15 is 0 Å². The summed E-state index contributed by atoms with van der Waals surface area (Å²) in [5.74, 6) is 1.23. The van der Waals surface area contributed by atoms with E-state index in [4.69, 9.17) is 4.42 Å². The van der Waals surface area contributed by atoms with Crippen LogP contribution in [-0.2, 0) is 4.79 Å². The number of carbonyl (C=O) groups is 1. The van der Waals surface area contributed by atoms with Crippen molar-refractivity contribution < 1.29 is 9.21 Å². The maximum atomic E-state index is 12.2. The molecule has 0 N–H and O–H groups in total. The van der Waals surface area contributed by atoms with Crippen molar-refractivity contribution in [2.75, 3.05) is 50.0 Å². The fraction of sp³-hybridized carbons (Fsp3) is 0.571. The minimum absolute atomic E-state index is 0.206. The highest BCUT2D eigenvalue weighted by molar-refractivity contribution is 8.01. The van der Waals surface area contributed by atoms with Gasteiger partial charge in [-0.05, 0) is 37.9 Å². The number of para-hydroxylation sites is 1. The number of hydrogen-bond acceptors (Lipinski definition) is 5. The maximum Gasteiger partial charge on any atom is 0.236 e. The van der Waals surface area contributed by atoms with E-state index < -0.39 is 0 Å². The van der Waals surface area contributed by atoms with Gasteiger partial charge in [0.05, 0.1) is 16.8 Å². The highest BCUT2D eigenvalue weighted by atomic mass is 32.2. The summed E-state index contributed by atoms with van der Waals surface area (Å²) in [6.07, 6.45) is 5.13. The second kappa shape index (κ2) is 8.57. The van der Waals surface area contributed by atoms with E-state index in [1.807, 2.05) is 23.3 Å². The number of fused-ring (bicyclic) bond motifs is 1. The van der Waals surface area contributed by atoms with Crippen LogP contribution in [0.5, 0.6) is 0 Å². The average Bonchev–Trinajstić information content (AvgIpc) is 3.29. The molecule has 1 atom stereocenters. The zero-order valence-corrected chi connectivity index (χ0v) is 16.9. The molecule has 1 unspecified atom stereocenters. The third-order valence-electron chi connectivity index (χ3n) is 5.72. The van der Waals surface area contributed by atoms with E-state index in [0.717, 1.165) is 63.6 Å². The van der Waals surface area contributed by atoms with Crippen LogP contribution in [-0.4, -0.2) is 66.1 Å². The highest BCUT2D eigenvalue weighted by Gasteiger charge is 2.30. The average molecular weight is 388 g/mol. The molecule has 1 aromatic heterocycles. The fourth-order valence-electron chi connectivity index (χ4n) is 4.04. The molecule has 0 aliphatic carbocycles. The third-order valence-corrected chi connectivity index (χ3v) is 7.11. The lowest BCUT2D eigenvalue weighted by Crippen LogP contribution is -2.46. The molecule has 4 rings (SSSR count). The molecule has 2 fully saturated rings. The number of piperazine rings is 1. The summed E-state index contributed by atoms with van der Waals surface area (Å²) in [5.41, 5.74) is 2.19. The van der Waals surface area contributed by atoms with Gasteiger partial charge >= 0.3 is 0 Å². The van der Waals surface area contributed by atoms with Crippen LogP contribution in [0.3, 0.4) is 0 Å². The van der Waals surface area contributed by atoms with Crippen molar-refractivity contribution in [1.29, 1.82) is 0 Å². The molecule has 2 aliphatic rings. The van der Waals surface area contributed by atoms with E-state index in [0.29, 0.717) is 5.91 Å². The Hall–Kier alpha value is -1.66. The van der Waals surface area contributed by atoms with Crippen LogP contribution in [0.4, 0.5) is 5.69 Å². The summed E-state index contributed by atoms with van der Waals surface area (Å²) in [4.78, 5) is 19.2. The summed E-state index contributed by atoms with van der Waals surface area (Å²) >= 11 is 1.80. The van der Waals surface area contributed by atoms with Crippen molar-refractivity contribution >= 4 is 34.3 Å². The quantitative estimate of drug-likeness (QED) is 0.678. The Labute approximate surface area is 165 Å². The molecule has 2 saturated heterocycles. The SMILES string of the molecule is CCC1SCN(CCCCN2CCN(c3coc4ccccc34)CC2)C1=O. The van der Waals surface area contributed by atoms with Gasteiger partial charge in [-0.1, -0.05) is 19.1 Å². The first-order valence-corrected chi connectivity index (χ1v) is 11.1. The maximum absolute atomic E-state index is 12.2. The van der Waals surface area contributed by atoms with Gasteiger partial charge in [0.2, 0.25) is 5.91 Å². The van der Waals surface area contributed by atoms with Crippen LogP contribution in [0.1, 0.15) is 26.2 Å². The van der Waals surface area contributed by atoms with E-state index in [1.54, 1.807) is 11.8 Å². The van der Waals surface area contributed by atoms with Crippen LogP contribution in [0.2, 0.25) is 0 Å². The second-order valence-electron chi connectivity index (χ2n) is 7.45. The van der Waals surface area contributed by atoms with Crippen molar-refractivity contribution in [2.45, 2.75) is 31.4 Å². The number of thioether (sulfide) groups is 1. The van der Waals surface area contributed by atoms with Gasteiger partial charge in [-0.3, -0.25) is 9.69 Å². The van der Waals surface area contributed by atoms with Gasteiger partial charge in [0.25, 0.3) is 0 Å². The lowest BCUT2D eigenvalue weighted by atomic mass is 10.2. The molecule has 1 aromatic carbocycles. The van der Waals surface area contributed by atoms with Crippen LogP contribution >= 0.6 is 11.8 Å². The monoisotopic (exact) mass is 387 g/mol. The normalized spacial score (nSPS) is 21.5. The Balaban J connectivity index is 1.19. The molecular formula is C21H29N3O2S. The summed E-state index contributed by atoms with van der Waals surface area (Å²) in [6, 6.07) is 8.26. The van der Waals surface area contributed by atoms with E-state index in [2.05, 4.69) is 28.9 Å². The van der Waals surface area contributed by atoms with E-state index in [9.17, 15) is 4.79 Å². The largest absolute Gasteiger partial charge is 0.462 e. The molecule has 0 spiro atoms. The van der Waals surface area contributed by atoms with Crippen molar-refractivity contribution in [1.82, 2.24) is 9.80 Å². The van der Waals surface area contributed by atoms with Gasteiger partial charge in [-0.25, -0.2) is 0 Å². The molecule has 6 heteroatoms. The number of nitrogens with zero attached hydrogens (tertiary/aromatic N) is 3. The standard InChI is InChI=1S/C21H29N3O2S/c1-2-20-21(25)24(16-27-20)10-6-5-9-22-11-13-23(14-12-22)18-15-26-19-8-4-3-7-17(18)19/h3-4,7-8,15,20H,2,5-6,9-14,16H2,1H3. The first kappa shape index (κ1) is 18.7. The second-order valence-corrected chi connectivity index (χ2v) is 8.61. The van der Waals surface area contributed by atoms with Gasteiger partial charge in [0.15, 0.2) is 0 Å². The molecule has 0 radical (unpaired) electrons. The molecule has 5 nitrogen and oxygen atoms in total. The number of amides is 1. The van der Waals surface area contributed by atoms with Crippen molar-refractivity contribution in [3.05, 3.63) is 30.5 Å². The molecule has 0 bridgehead atoms. The Morgan fingerprint density at radius 3 is 2.67 bits per heavy atom. The Morgan fingerprint density at radius 1 is 1.11 bits per heavy atom. The molecular weight excluding hydrogens is 358 g/mol. The number of furan rings is 1. The molecule has 146 valence electrons. The summed E-state index contributed by atoms with van der Waals surface area (Å²) in [6.45, 7) is 8.43. The van der Waals surface area contributed by atoms with E-state index in [-0.39, 0.29) is 5.25 Å². The smallest absolute Gasteiger partial charge is 0.236 e. The lowest BCUT2D eigenvalue weighted by molar-refractivity contribution is -0.128. The first-order chi connectivity index (χ1) is 13.3. The predicted molar refractivity (Wildman–Crippen MR) is 112 cm³/mol. The van der Waals surface area contributed by atoms with Crippen molar-refractivity contribution in [3.8, 4) is 0 Å². The molecule has 1 amide bonds. The number of rotatable bonds is 7. The molecule has 3 heterocycles. The Bertz CT molecular complexity index is 770. The Kier molecular flexibility index (Phi) is 5.93. The van der Waals surface area contributed by atoms with Crippen molar-refractivity contribution in [3.63, 3.8) is 0 Å². The minimum Gasteiger partial charge on any atom is -0.462 e. The number of anilines is 1. The highest BCUT2D eigenvalue weighted by Crippen LogP contribution is 2.29. The zero-order chi connectivity index (χ0) is 18.6. The third kappa shape index (κ3) is 4.11. The lowest BCUT2D eigenvalue weighted by Gasteiger charge is -2.35. The van der Waals surface area contributed by atoms with Gasteiger partial charge in [0, 0.05) is 38.1 Å². The fourth-order valence-corrected chi connectivity index (χ4v) is 5.19. The van der Waals surface area contributed by atoms with Gasteiger partial charge in [-0.15, -0.1) is 11.8 Å². The number of benzene rings is 1. The number of carbonyl (C=O) groups excluding carboxylic acids is 1. The first-order valence-electron chi connectivity index (χ1n) is 10.1. The molecule has 27 heavy (non-hydrogen) atoms. The van der Waals surface area contributed by atoms with Gasteiger partial charge in [0.1, 0.15) is 11.8 Å². The van der Waals surface area contributed by atoms with E-state index in [1.165, 1.54) is 17.5 Å². The summed E-state index contributed by atoms with van der Waals surface area (Å²) in [5, 5.41) is 1.42. The van der Waals surface area contributed by atoms with Crippen molar-refractivity contribution in [2.24, 2.45) is 0 Å². The molecule has 0 saturated carbocycles. The predicted octanol–water partition coefficient (Wildman–Crippen LogP) is 3.65. The van der Waals surface area contributed by atoms with Gasteiger partial charge < -0.3 is 14.2 Å². The van der Waals surface area contributed by atoms with Crippen LogP contribution < -0.4 is 4.90 Å². The zero-order valence-electron chi connectivity index (χ0n) is 16.1. The molecule has 2 aliphatic heterocycles.